The van der Waals surface area contributed by atoms with E-state index < -0.39 is 48.3 Å². The Bertz CT molecular complexity index is 1190. The monoisotopic (exact) mass is 560 g/mol. The van der Waals surface area contributed by atoms with Gasteiger partial charge < -0.3 is 33.9 Å². The average Bonchev–Trinajstić information content (AvgIpc) is 3.34. The maximum absolute atomic E-state index is 11.8. The van der Waals surface area contributed by atoms with E-state index in [0.717, 1.165) is 16.7 Å². The fourth-order valence-corrected chi connectivity index (χ4v) is 6.46. The second-order valence-electron chi connectivity index (χ2n) is 10.9. The van der Waals surface area contributed by atoms with Gasteiger partial charge in [0, 0.05) is 0 Å². The molecule has 3 aliphatic rings. The van der Waals surface area contributed by atoms with Gasteiger partial charge in [-0.1, -0.05) is 91.0 Å². The van der Waals surface area contributed by atoms with Crippen molar-refractivity contribution in [2.24, 2.45) is 0 Å². The number of carbonyl (C=O) groups excluding carboxylic acids is 1. The number of ether oxygens (including phenoxy) is 5. The molecule has 41 heavy (non-hydrogen) atoms. The Morgan fingerprint density at radius 3 is 1.83 bits per heavy atom. The second-order valence-corrected chi connectivity index (χ2v) is 10.9. The summed E-state index contributed by atoms with van der Waals surface area (Å²) in [4.78, 5) is 11.8. The van der Waals surface area contributed by atoms with Crippen LogP contribution in [0.25, 0.3) is 0 Å². The van der Waals surface area contributed by atoms with Crippen LogP contribution in [-0.2, 0) is 34.1 Å². The fraction of sp³-hybridized carbons (Fsp3) is 0.424. The first-order chi connectivity index (χ1) is 20.0. The van der Waals surface area contributed by atoms with E-state index in [4.69, 9.17) is 23.7 Å². The molecule has 0 unspecified atom stereocenters. The maximum Gasteiger partial charge on any atom is 0.308 e. The van der Waals surface area contributed by atoms with E-state index in [-0.39, 0.29) is 25.1 Å². The molecule has 216 valence electrons. The third-order valence-electron chi connectivity index (χ3n) is 8.49. The van der Waals surface area contributed by atoms with Gasteiger partial charge in [0.25, 0.3) is 0 Å². The molecule has 3 saturated heterocycles. The summed E-state index contributed by atoms with van der Waals surface area (Å²) in [5.74, 6) is -0.360. The highest BCUT2D eigenvalue weighted by Gasteiger charge is 2.57. The van der Waals surface area contributed by atoms with Crippen molar-refractivity contribution in [3.8, 4) is 0 Å². The van der Waals surface area contributed by atoms with Gasteiger partial charge >= 0.3 is 5.97 Å². The van der Waals surface area contributed by atoms with Gasteiger partial charge in [-0.15, -0.1) is 0 Å². The number of aliphatic hydroxyl groups excluding tert-OH is 2. The molecule has 8 nitrogen and oxygen atoms in total. The number of methoxy groups -OCH3 is 1. The molecule has 0 saturated carbocycles. The van der Waals surface area contributed by atoms with Crippen LogP contribution in [0.1, 0.15) is 36.0 Å². The average molecular weight is 561 g/mol. The third kappa shape index (κ3) is 5.32. The lowest BCUT2D eigenvalue weighted by Crippen LogP contribution is -2.61. The number of rotatable bonds is 8. The van der Waals surface area contributed by atoms with Crippen molar-refractivity contribution < 1.29 is 38.7 Å². The van der Waals surface area contributed by atoms with E-state index in [1.807, 2.05) is 91.0 Å². The zero-order chi connectivity index (χ0) is 28.4. The highest BCUT2D eigenvalue weighted by molar-refractivity contribution is 5.69. The minimum Gasteiger partial charge on any atom is -0.469 e. The van der Waals surface area contributed by atoms with Crippen LogP contribution < -0.4 is 0 Å². The molecule has 3 aromatic carbocycles. The predicted molar refractivity (Wildman–Crippen MR) is 149 cm³/mol. The molecule has 0 radical (unpaired) electrons. The fourth-order valence-electron chi connectivity index (χ4n) is 6.46. The van der Waals surface area contributed by atoms with Crippen molar-refractivity contribution in [2.45, 2.75) is 73.7 Å². The SMILES string of the molecule is COC(=O)C[C@H]1CC[C@@H]2O[C@H]3[C@@H](O)[C@@H](COC(c4ccccc4)(c4ccccc4)c4ccccc4)O[C@H]3[C@@H](O)[C@H]2O1. The Labute approximate surface area is 239 Å². The van der Waals surface area contributed by atoms with Gasteiger partial charge in [0.15, 0.2) is 0 Å². The first kappa shape index (κ1) is 28.0. The zero-order valence-electron chi connectivity index (χ0n) is 23.0. The smallest absolute Gasteiger partial charge is 0.308 e. The quantitative estimate of drug-likeness (QED) is 0.319. The van der Waals surface area contributed by atoms with Crippen LogP contribution in [0.3, 0.4) is 0 Å². The van der Waals surface area contributed by atoms with Crippen LogP contribution in [0.5, 0.6) is 0 Å². The van der Waals surface area contributed by atoms with Crippen LogP contribution in [0.4, 0.5) is 0 Å². The number of carbonyl (C=O) groups is 1. The van der Waals surface area contributed by atoms with Crippen LogP contribution in [0.2, 0.25) is 0 Å². The number of esters is 1. The minimum absolute atomic E-state index is 0.0457. The molecule has 3 aromatic rings. The Hall–Kier alpha value is -3.11. The highest BCUT2D eigenvalue weighted by atomic mass is 16.6. The molecule has 0 bridgehead atoms. The van der Waals surface area contributed by atoms with E-state index in [9.17, 15) is 15.0 Å². The molecular weight excluding hydrogens is 524 g/mol. The van der Waals surface area contributed by atoms with Crippen molar-refractivity contribution >= 4 is 5.97 Å². The van der Waals surface area contributed by atoms with Gasteiger partial charge in [-0.2, -0.15) is 0 Å². The summed E-state index contributed by atoms with van der Waals surface area (Å²) < 4.78 is 30.2. The number of hydrogen-bond acceptors (Lipinski definition) is 8. The first-order valence-corrected chi connectivity index (χ1v) is 14.2. The normalized spacial score (nSPS) is 31.2. The summed E-state index contributed by atoms with van der Waals surface area (Å²) in [7, 11) is 1.34. The largest absolute Gasteiger partial charge is 0.469 e. The van der Waals surface area contributed by atoms with E-state index in [1.54, 1.807) is 0 Å². The van der Waals surface area contributed by atoms with E-state index >= 15 is 0 Å². The standard InChI is InChI=1S/C33H36O8/c1-37-27(34)19-24-17-18-25-30(39-24)29(36)32-31(40-25)28(35)26(41-32)20-38-33(21-11-5-2-6-12-21,22-13-7-3-8-14-22)23-15-9-4-10-16-23/h2-16,24-26,28-32,35-36H,17-20H2,1H3/t24-,25+,26-,28+,29+,30+,31+,32+/m1/s1. The highest BCUT2D eigenvalue weighted by Crippen LogP contribution is 2.43. The van der Waals surface area contributed by atoms with Crippen LogP contribution >= 0.6 is 0 Å². The van der Waals surface area contributed by atoms with Gasteiger partial charge in [0.1, 0.15) is 42.2 Å². The summed E-state index contributed by atoms with van der Waals surface area (Å²) >= 11 is 0. The maximum atomic E-state index is 11.8. The minimum atomic E-state index is -1.03. The number of fused-ring (bicyclic) bond motifs is 2. The topological polar surface area (TPSA) is 104 Å². The molecular formula is C33H36O8. The molecule has 3 fully saturated rings. The molecule has 2 N–H and O–H groups in total. The second kappa shape index (κ2) is 12.0. The molecule has 8 atom stereocenters. The van der Waals surface area contributed by atoms with Crippen molar-refractivity contribution in [2.75, 3.05) is 13.7 Å². The summed E-state index contributed by atoms with van der Waals surface area (Å²) in [5, 5.41) is 22.6. The molecule has 0 aliphatic carbocycles. The van der Waals surface area contributed by atoms with Gasteiger partial charge in [-0.25, -0.2) is 0 Å². The molecule has 0 amide bonds. The van der Waals surface area contributed by atoms with Crippen molar-refractivity contribution in [3.05, 3.63) is 108 Å². The van der Waals surface area contributed by atoms with Crippen LogP contribution in [0, 0.1) is 0 Å². The van der Waals surface area contributed by atoms with Crippen molar-refractivity contribution in [1.29, 1.82) is 0 Å². The molecule has 0 aromatic heterocycles. The lowest BCUT2D eigenvalue weighted by Gasteiger charge is -2.46. The van der Waals surface area contributed by atoms with Gasteiger partial charge in [0.05, 0.1) is 32.3 Å². The summed E-state index contributed by atoms with van der Waals surface area (Å²) in [6, 6.07) is 30.0. The Morgan fingerprint density at radius 2 is 1.29 bits per heavy atom. The Balaban J connectivity index is 1.25. The Morgan fingerprint density at radius 1 is 0.756 bits per heavy atom. The third-order valence-corrected chi connectivity index (χ3v) is 8.49. The predicted octanol–water partition coefficient (Wildman–Crippen LogP) is 3.36. The molecule has 3 heterocycles. The van der Waals surface area contributed by atoms with Gasteiger partial charge in [-0.05, 0) is 29.5 Å². The van der Waals surface area contributed by atoms with Gasteiger partial charge in [-0.3, -0.25) is 4.79 Å². The molecule has 8 heteroatoms. The van der Waals surface area contributed by atoms with Crippen molar-refractivity contribution in [3.63, 3.8) is 0 Å². The van der Waals surface area contributed by atoms with Crippen LogP contribution in [-0.4, -0.2) is 78.7 Å². The summed E-state index contributed by atoms with van der Waals surface area (Å²) in [6.07, 6.45) is -4.44. The summed E-state index contributed by atoms with van der Waals surface area (Å²) in [5.41, 5.74) is 1.84. The Kier molecular flexibility index (Phi) is 8.21. The van der Waals surface area contributed by atoms with Crippen LogP contribution in [0.15, 0.2) is 91.0 Å². The number of aliphatic hydroxyl groups is 2. The molecule has 3 aliphatic heterocycles. The number of hydrogen-bond donors (Lipinski definition) is 2. The molecule has 6 rings (SSSR count). The first-order valence-electron chi connectivity index (χ1n) is 14.2. The van der Waals surface area contributed by atoms with E-state index in [0.29, 0.717) is 12.8 Å². The lowest BCUT2D eigenvalue weighted by atomic mass is 9.80. The van der Waals surface area contributed by atoms with E-state index in [2.05, 4.69) is 0 Å². The lowest BCUT2D eigenvalue weighted by molar-refractivity contribution is -0.260. The van der Waals surface area contributed by atoms with Crippen molar-refractivity contribution in [1.82, 2.24) is 0 Å². The zero-order valence-corrected chi connectivity index (χ0v) is 23.0. The van der Waals surface area contributed by atoms with E-state index in [1.165, 1.54) is 7.11 Å². The van der Waals surface area contributed by atoms with Gasteiger partial charge in [0.2, 0.25) is 0 Å². The number of benzene rings is 3. The summed E-state index contributed by atoms with van der Waals surface area (Å²) in [6.45, 7) is 0.0457. The molecule has 0 spiro atoms.